The number of carbonyl (C=O) groups excluding carboxylic acids is 1. The van der Waals surface area contributed by atoms with E-state index >= 15 is 0 Å². The second-order valence-corrected chi connectivity index (χ2v) is 12.5. The van der Waals surface area contributed by atoms with Crippen molar-refractivity contribution < 1.29 is 24.1 Å². The normalized spacial score (nSPS) is 17.2. The molecule has 0 radical (unpaired) electrons. The molecule has 2 atom stereocenters. The van der Waals surface area contributed by atoms with E-state index in [-0.39, 0.29) is 18.9 Å². The summed E-state index contributed by atoms with van der Waals surface area (Å²) in [6, 6.07) is 28.0. The number of amides is 1. The Labute approximate surface area is 287 Å². The summed E-state index contributed by atoms with van der Waals surface area (Å²) in [5.41, 5.74) is 1.73. The Morgan fingerprint density at radius 2 is 1.74 bits per heavy atom. The largest absolute Gasteiger partial charge is 0.494 e. The minimum atomic E-state index is -1.42. The van der Waals surface area contributed by atoms with E-state index in [0.717, 1.165) is 21.3 Å². The van der Waals surface area contributed by atoms with Crippen LogP contribution in [0.1, 0.15) is 41.7 Å². The average molecular weight is 726 g/mol. The number of nitrogens with zero attached hydrogens (tertiary/aromatic N) is 1. The molecule has 46 heavy (non-hydrogen) atoms. The van der Waals surface area contributed by atoms with E-state index in [1.54, 1.807) is 18.2 Å². The van der Waals surface area contributed by atoms with Gasteiger partial charge in [0.2, 0.25) is 5.90 Å². The Morgan fingerprint density at radius 1 is 1.00 bits per heavy atom. The van der Waals surface area contributed by atoms with Crippen LogP contribution >= 0.6 is 39.1 Å². The Bertz CT molecular complexity index is 1680. The fraction of sp³-hybridized carbons (Fsp3) is 0.278. The van der Waals surface area contributed by atoms with Crippen LogP contribution in [0.3, 0.4) is 0 Å². The van der Waals surface area contributed by atoms with Gasteiger partial charge in [0.25, 0.3) is 5.91 Å². The fourth-order valence-electron chi connectivity index (χ4n) is 5.38. The highest BCUT2D eigenvalue weighted by Gasteiger charge is 2.54. The third-order valence-corrected chi connectivity index (χ3v) is 8.98. The minimum Gasteiger partial charge on any atom is -0.494 e. The van der Waals surface area contributed by atoms with Gasteiger partial charge in [-0.05, 0) is 73.0 Å². The Morgan fingerprint density at radius 3 is 2.46 bits per heavy atom. The molecule has 0 fully saturated rings. The van der Waals surface area contributed by atoms with Crippen molar-refractivity contribution in [3.63, 3.8) is 0 Å². The quantitative estimate of drug-likeness (QED) is 0.130. The van der Waals surface area contributed by atoms with Gasteiger partial charge in [-0.2, -0.15) is 0 Å². The van der Waals surface area contributed by atoms with Crippen LogP contribution in [-0.2, 0) is 22.4 Å². The molecule has 0 aromatic heterocycles. The number of nitrogens with one attached hydrogen (secondary N) is 1. The minimum absolute atomic E-state index is 0.0537. The lowest BCUT2D eigenvalue weighted by molar-refractivity contribution is -0.128. The summed E-state index contributed by atoms with van der Waals surface area (Å²) in [5, 5.41) is 13.1. The number of aliphatic imine (C=N–C) groups is 1. The summed E-state index contributed by atoms with van der Waals surface area (Å²) in [6.45, 7) is 3.30. The van der Waals surface area contributed by atoms with Crippen LogP contribution in [0.4, 0.5) is 0 Å². The van der Waals surface area contributed by atoms with E-state index < -0.39 is 11.6 Å². The zero-order valence-electron chi connectivity index (χ0n) is 25.3. The summed E-state index contributed by atoms with van der Waals surface area (Å²) in [4.78, 5) is 19.7. The monoisotopic (exact) mass is 724 g/mol. The molecule has 2 N–H and O–H groups in total. The predicted octanol–water partition coefficient (Wildman–Crippen LogP) is 7.77. The van der Waals surface area contributed by atoms with Gasteiger partial charge in [-0.3, -0.25) is 4.79 Å². The number of aliphatic hydroxyl groups is 1. The highest BCUT2D eigenvalue weighted by molar-refractivity contribution is 9.10. The third kappa shape index (κ3) is 7.86. The Balaban J connectivity index is 1.54. The summed E-state index contributed by atoms with van der Waals surface area (Å²) < 4.78 is 19.0. The Kier molecular flexibility index (Phi) is 11.6. The number of ether oxygens (including phenoxy) is 3. The van der Waals surface area contributed by atoms with Crippen molar-refractivity contribution in [3.8, 4) is 11.5 Å². The lowest BCUT2D eigenvalue weighted by atomic mass is 9.82. The van der Waals surface area contributed by atoms with Crippen molar-refractivity contribution in [2.24, 2.45) is 4.99 Å². The molecule has 0 unspecified atom stereocenters. The number of aliphatic hydroxyl groups excluding tert-OH is 1. The van der Waals surface area contributed by atoms with Gasteiger partial charge >= 0.3 is 0 Å². The third-order valence-electron chi connectivity index (χ3n) is 7.65. The molecule has 1 aliphatic rings. The van der Waals surface area contributed by atoms with Crippen LogP contribution in [-0.4, -0.2) is 48.8 Å². The first-order chi connectivity index (χ1) is 22.3. The van der Waals surface area contributed by atoms with Crippen molar-refractivity contribution in [3.05, 3.63) is 128 Å². The Hall–Kier alpha value is -3.56. The topological polar surface area (TPSA) is 89.4 Å². The highest BCUT2D eigenvalue weighted by Crippen LogP contribution is 2.45. The maximum Gasteiger partial charge on any atom is 0.252 e. The molecule has 5 rings (SSSR count). The summed E-state index contributed by atoms with van der Waals surface area (Å²) in [6.07, 6.45) is 0.459. The van der Waals surface area contributed by atoms with Gasteiger partial charge in [0.1, 0.15) is 11.5 Å². The first-order valence-electron chi connectivity index (χ1n) is 15.1. The maximum absolute atomic E-state index is 14.6. The predicted molar refractivity (Wildman–Crippen MR) is 185 cm³/mol. The van der Waals surface area contributed by atoms with Crippen molar-refractivity contribution >= 4 is 50.9 Å². The molecule has 4 aromatic carbocycles. The lowest BCUT2D eigenvalue weighted by Gasteiger charge is -2.31. The summed E-state index contributed by atoms with van der Waals surface area (Å²) in [5.74, 6) is 1.45. The molecule has 1 aliphatic heterocycles. The van der Waals surface area contributed by atoms with Crippen LogP contribution in [0.5, 0.6) is 11.5 Å². The van der Waals surface area contributed by atoms with Gasteiger partial charge in [-0.25, -0.2) is 4.99 Å². The second kappa shape index (κ2) is 15.8. The van der Waals surface area contributed by atoms with E-state index in [9.17, 15) is 4.79 Å². The number of hydrogen-bond donors (Lipinski definition) is 2. The SMILES string of the molecule is CCOc1ccccc1CCNC(=O)[C@]1(Cc2ccccc2Br)N=C(c2ccc(OCCCO)cc2)O[C@@H]1c1ccc(Cl)cc1Cl. The van der Waals surface area contributed by atoms with Crippen molar-refractivity contribution in [1.29, 1.82) is 0 Å². The number of para-hydroxylation sites is 1. The highest BCUT2D eigenvalue weighted by atomic mass is 79.9. The number of benzene rings is 4. The van der Waals surface area contributed by atoms with E-state index in [2.05, 4.69) is 21.2 Å². The number of hydrogen-bond acceptors (Lipinski definition) is 6. The molecule has 240 valence electrons. The number of carbonyl (C=O) groups is 1. The number of rotatable bonds is 14. The second-order valence-electron chi connectivity index (χ2n) is 10.8. The maximum atomic E-state index is 14.6. The first kappa shape index (κ1) is 33.8. The van der Waals surface area contributed by atoms with Gasteiger partial charge in [0.05, 0.1) is 13.2 Å². The molecule has 0 saturated carbocycles. The van der Waals surface area contributed by atoms with Gasteiger partial charge < -0.3 is 24.6 Å². The van der Waals surface area contributed by atoms with E-state index in [0.29, 0.717) is 65.4 Å². The molecule has 0 saturated heterocycles. The number of halogens is 3. The molecule has 1 amide bonds. The van der Waals surface area contributed by atoms with Crippen LogP contribution in [0.15, 0.2) is 100 Å². The molecule has 7 nitrogen and oxygen atoms in total. The molecule has 4 aromatic rings. The summed E-state index contributed by atoms with van der Waals surface area (Å²) in [7, 11) is 0. The molecular weight excluding hydrogens is 691 g/mol. The summed E-state index contributed by atoms with van der Waals surface area (Å²) >= 11 is 16.7. The van der Waals surface area contributed by atoms with E-state index in [1.807, 2.05) is 79.7 Å². The molecular formula is C36H35BrCl2N2O5. The molecule has 0 aliphatic carbocycles. The van der Waals surface area contributed by atoms with Crippen LogP contribution < -0.4 is 14.8 Å². The van der Waals surface area contributed by atoms with Crippen molar-refractivity contribution in [1.82, 2.24) is 5.32 Å². The smallest absolute Gasteiger partial charge is 0.252 e. The van der Waals surface area contributed by atoms with Gasteiger partial charge in [0, 0.05) is 51.6 Å². The zero-order chi connectivity index (χ0) is 32.5. The van der Waals surface area contributed by atoms with Crippen LogP contribution in [0.25, 0.3) is 0 Å². The standard InChI is InChI=1S/C36H35BrCl2N2O5/c1-2-44-32-11-6-4-8-24(32)18-19-40-35(43)36(23-26-9-3-5-10-30(26)37)33(29-17-14-27(38)22-31(29)39)46-34(41-36)25-12-15-28(16-13-25)45-21-7-20-42/h3-6,8-17,22,33,42H,2,7,18-21,23H2,1H3,(H,40,43)/t33-,36-/m1/s1. The van der Waals surface area contributed by atoms with Crippen molar-refractivity contribution in [2.75, 3.05) is 26.4 Å². The average Bonchev–Trinajstić information content (AvgIpc) is 3.43. The zero-order valence-corrected chi connectivity index (χ0v) is 28.4. The molecule has 10 heteroatoms. The lowest BCUT2D eigenvalue weighted by Crippen LogP contribution is -2.50. The van der Waals surface area contributed by atoms with E-state index in [1.165, 1.54) is 0 Å². The molecule has 1 heterocycles. The van der Waals surface area contributed by atoms with Gasteiger partial charge in [-0.1, -0.05) is 81.6 Å². The van der Waals surface area contributed by atoms with Crippen molar-refractivity contribution in [2.45, 2.75) is 37.8 Å². The molecule has 0 bridgehead atoms. The van der Waals surface area contributed by atoms with Crippen LogP contribution in [0.2, 0.25) is 10.0 Å². The van der Waals surface area contributed by atoms with Gasteiger partial charge in [-0.15, -0.1) is 0 Å². The van der Waals surface area contributed by atoms with E-state index in [4.69, 9.17) is 47.5 Å². The van der Waals surface area contributed by atoms with Gasteiger partial charge in [0.15, 0.2) is 11.6 Å². The first-order valence-corrected chi connectivity index (χ1v) is 16.7. The van der Waals surface area contributed by atoms with Crippen LogP contribution in [0, 0.1) is 0 Å². The fourth-order valence-corrected chi connectivity index (χ4v) is 6.31. The molecule has 0 spiro atoms.